The lowest BCUT2D eigenvalue weighted by Gasteiger charge is -2.09. The van der Waals surface area contributed by atoms with Crippen molar-refractivity contribution < 1.29 is 12.6 Å². The summed E-state index contributed by atoms with van der Waals surface area (Å²) in [6.45, 7) is -4.66. The molecule has 3 heteroatoms. The van der Waals surface area contributed by atoms with Crippen LogP contribution in [-0.4, -0.2) is 9.97 Å². The van der Waals surface area contributed by atoms with Crippen LogP contribution >= 0.6 is 0 Å². The smallest absolute Gasteiger partial charge is 0.227 e. The number of hydrogen-bond acceptors (Lipinski definition) is 3. The molecule has 5 rings (SSSR count). The van der Waals surface area contributed by atoms with Crippen molar-refractivity contribution in [2.45, 2.75) is 13.7 Å². The molecule has 3 aromatic heterocycles. The van der Waals surface area contributed by atoms with Crippen molar-refractivity contribution in [1.29, 1.82) is 0 Å². The SMILES string of the molecule is [2H]C([2H])([2H])c1ccc2c(n1)oc1c(-c3cc(-c4ccccc4)c(C([2H])([2H])[2H])cn3)cccc12. The van der Waals surface area contributed by atoms with Crippen molar-refractivity contribution in [2.24, 2.45) is 0 Å². The van der Waals surface area contributed by atoms with E-state index in [1.54, 1.807) is 12.1 Å². The molecular formula is C24H18N2O. The van der Waals surface area contributed by atoms with Crippen molar-refractivity contribution >= 4 is 22.1 Å². The lowest BCUT2D eigenvalue weighted by atomic mass is 9.99. The second-order valence-electron chi connectivity index (χ2n) is 6.31. The molecule has 0 amide bonds. The molecule has 0 bridgehead atoms. The number of aryl methyl sites for hydroxylation is 2. The van der Waals surface area contributed by atoms with E-state index in [4.69, 9.17) is 12.6 Å². The van der Waals surface area contributed by atoms with Gasteiger partial charge >= 0.3 is 0 Å². The zero-order valence-corrected chi connectivity index (χ0v) is 14.2. The summed E-state index contributed by atoms with van der Waals surface area (Å²) in [5, 5.41) is 1.47. The molecule has 0 fully saturated rings. The van der Waals surface area contributed by atoms with Gasteiger partial charge in [0.05, 0.1) is 5.69 Å². The number of aromatic nitrogens is 2. The van der Waals surface area contributed by atoms with Gasteiger partial charge in [-0.1, -0.05) is 42.5 Å². The first kappa shape index (κ1) is 10.6. The highest BCUT2D eigenvalue weighted by Crippen LogP contribution is 2.36. The number of furan rings is 1. The van der Waals surface area contributed by atoms with Crippen LogP contribution < -0.4 is 0 Å². The Balaban J connectivity index is 1.74. The van der Waals surface area contributed by atoms with Gasteiger partial charge in [0.2, 0.25) is 5.71 Å². The molecule has 0 spiro atoms. The highest BCUT2D eigenvalue weighted by Gasteiger charge is 2.15. The lowest BCUT2D eigenvalue weighted by molar-refractivity contribution is 0.653. The summed E-state index contributed by atoms with van der Waals surface area (Å²) in [6.07, 6.45) is 1.39. The molecule has 130 valence electrons. The minimum Gasteiger partial charge on any atom is -0.437 e. The number of benzene rings is 2. The first-order valence-corrected chi connectivity index (χ1v) is 8.52. The van der Waals surface area contributed by atoms with Crippen molar-refractivity contribution in [3.8, 4) is 22.4 Å². The van der Waals surface area contributed by atoms with E-state index in [1.807, 2.05) is 48.5 Å². The lowest BCUT2D eigenvalue weighted by Crippen LogP contribution is -1.90. The van der Waals surface area contributed by atoms with E-state index < -0.39 is 13.7 Å². The molecule has 0 radical (unpaired) electrons. The van der Waals surface area contributed by atoms with Crippen LogP contribution in [0.2, 0.25) is 0 Å². The molecule has 0 N–H and O–H groups in total. The predicted molar refractivity (Wildman–Crippen MR) is 110 cm³/mol. The number of pyridine rings is 2. The Morgan fingerprint density at radius 1 is 0.852 bits per heavy atom. The Labute approximate surface area is 165 Å². The number of para-hydroxylation sites is 1. The van der Waals surface area contributed by atoms with Gasteiger partial charge < -0.3 is 4.42 Å². The fourth-order valence-corrected chi connectivity index (χ4v) is 3.34. The largest absolute Gasteiger partial charge is 0.437 e. The standard InChI is InChI=1S/C24H18N2O/c1-15-14-25-22(13-21(15)17-7-4-3-5-8-17)20-10-6-9-18-19-12-11-16(2)26-24(19)27-23(18)20/h3-14H,1-2H3/i1D3,2D3. The average molecular weight is 356 g/mol. The highest BCUT2D eigenvalue weighted by atomic mass is 16.3. The molecule has 0 saturated heterocycles. The second-order valence-corrected chi connectivity index (χ2v) is 6.31. The Kier molecular flexibility index (Phi) is 2.39. The zero-order chi connectivity index (χ0) is 23.4. The van der Waals surface area contributed by atoms with Crippen LogP contribution in [0.1, 0.15) is 19.5 Å². The molecule has 3 nitrogen and oxygen atoms in total. The Morgan fingerprint density at radius 2 is 1.78 bits per heavy atom. The third kappa shape index (κ3) is 2.59. The Morgan fingerprint density at radius 3 is 2.63 bits per heavy atom. The van der Waals surface area contributed by atoms with Gasteiger partial charge in [0, 0.05) is 36.5 Å². The maximum Gasteiger partial charge on any atom is 0.227 e. The summed E-state index contributed by atoms with van der Waals surface area (Å²) >= 11 is 0. The monoisotopic (exact) mass is 356 g/mol. The number of fused-ring (bicyclic) bond motifs is 3. The normalized spacial score (nSPS) is 15.6. The van der Waals surface area contributed by atoms with E-state index in [2.05, 4.69) is 9.97 Å². The fraction of sp³-hybridized carbons (Fsp3) is 0.0833. The Hall–Kier alpha value is -3.46. The molecule has 0 unspecified atom stereocenters. The first-order chi connectivity index (χ1) is 15.6. The van der Waals surface area contributed by atoms with Crippen LogP contribution in [0.15, 0.2) is 77.3 Å². The van der Waals surface area contributed by atoms with E-state index >= 15 is 0 Å². The Bertz CT molecular complexity index is 1490. The molecule has 0 aliphatic carbocycles. The van der Waals surface area contributed by atoms with Gasteiger partial charge in [-0.2, -0.15) is 0 Å². The van der Waals surface area contributed by atoms with Crippen LogP contribution in [0.25, 0.3) is 44.5 Å². The van der Waals surface area contributed by atoms with E-state index in [0.717, 1.165) is 10.9 Å². The number of hydrogen-bond donors (Lipinski definition) is 0. The summed E-state index contributed by atoms with van der Waals surface area (Å²) in [6, 6.07) is 19.8. The number of rotatable bonds is 2. The first-order valence-electron chi connectivity index (χ1n) is 11.5. The van der Waals surface area contributed by atoms with Crippen LogP contribution in [0.5, 0.6) is 0 Å². The van der Waals surface area contributed by atoms with E-state index in [1.165, 1.54) is 12.3 Å². The predicted octanol–water partition coefficient (Wildman–Crippen LogP) is 6.33. The molecule has 3 heterocycles. The maximum absolute atomic E-state index is 7.93. The highest BCUT2D eigenvalue weighted by molar-refractivity contribution is 6.08. The van der Waals surface area contributed by atoms with E-state index in [9.17, 15) is 0 Å². The van der Waals surface area contributed by atoms with Crippen molar-refractivity contribution in [2.75, 3.05) is 0 Å². The molecule has 0 aliphatic heterocycles. The van der Waals surface area contributed by atoms with E-state index in [-0.39, 0.29) is 17.0 Å². The zero-order valence-electron chi connectivity index (χ0n) is 20.2. The van der Waals surface area contributed by atoms with Gasteiger partial charge in [0.1, 0.15) is 5.58 Å². The molecule has 0 saturated carbocycles. The molecule has 27 heavy (non-hydrogen) atoms. The second kappa shape index (κ2) is 6.06. The molecule has 0 atom stereocenters. The number of nitrogens with zero attached hydrogens (tertiary/aromatic N) is 2. The van der Waals surface area contributed by atoms with Gasteiger partial charge in [0.25, 0.3) is 0 Å². The molecule has 5 aromatic rings. The quantitative estimate of drug-likeness (QED) is 0.371. The van der Waals surface area contributed by atoms with Gasteiger partial charge in [-0.15, -0.1) is 0 Å². The molecular weight excluding hydrogens is 332 g/mol. The summed E-state index contributed by atoms with van der Waals surface area (Å²) in [4.78, 5) is 8.65. The van der Waals surface area contributed by atoms with Gasteiger partial charge in [-0.05, 0) is 54.7 Å². The molecule has 2 aromatic carbocycles. The summed E-state index contributed by atoms with van der Waals surface area (Å²) < 4.78 is 52.6. The summed E-state index contributed by atoms with van der Waals surface area (Å²) in [5.74, 6) is 0. The van der Waals surface area contributed by atoms with Crippen molar-refractivity contribution in [3.63, 3.8) is 0 Å². The third-order valence-corrected chi connectivity index (χ3v) is 4.63. The van der Waals surface area contributed by atoms with Gasteiger partial charge in [0.15, 0.2) is 0 Å². The third-order valence-electron chi connectivity index (χ3n) is 4.63. The topological polar surface area (TPSA) is 38.9 Å². The van der Waals surface area contributed by atoms with Crippen LogP contribution in [0.4, 0.5) is 0 Å². The molecule has 0 aliphatic rings. The van der Waals surface area contributed by atoms with Crippen LogP contribution in [0, 0.1) is 13.7 Å². The van der Waals surface area contributed by atoms with Gasteiger partial charge in [-0.3, -0.25) is 4.98 Å². The van der Waals surface area contributed by atoms with Crippen molar-refractivity contribution in [1.82, 2.24) is 9.97 Å². The minimum atomic E-state index is -2.34. The minimum absolute atomic E-state index is 0.0397. The van der Waals surface area contributed by atoms with Crippen LogP contribution in [-0.2, 0) is 0 Å². The maximum atomic E-state index is 7.93. The summed E-state index contributed by atoms with van der Waals surface area (Å²) in [7, 11) is 0. The average Bonchev–Trinajstić information content (AvgIpc) is 3.16. The fourth-order valence-electron chi connectivity index (χ4n) is 3.34. The van der Waals surface area contributed by atoms with E-state index in [0.29, 0.717) is 27.8 Å². The van der Waals surface area contributed by atoms with Crippen molar-refractivity contribution in [3.05, 3.63) is 84.2 Å². The van der Waals surface area contributed by atoms with Gasteiger partial charge in [-0.25, -0.2) is 4.98 Å². The van der Waals surface area contributed by atoms with Crippen LogP contribution in [0.3, 0.4) is 0 Å². The summed E-state index contributed by atoms with van der Waals surface area (Å²) in [5.41, 5.74) is 3.41.